The molecule has 1 saturated heterocycles. The van der Waals surface area contributed by atoms with Gasteiger partial charge < -0.3 is 15.4 Å². The summed E-state index contributed by atoms with van der Waals surface area (Å²) in [5, 5.41) is 7.15. The summed E-state index contributed by atoms with van der Waals surface area (Å²) in [7, 11) is 0. The molecule has 2 N–H and O–H groups in total. The van der Waals surface area contributed by atoms with Crippen LogP contribution in [0.2, 0.25) is 0 Å². The second kappa shape index (κ2) is 5.29. The van der Waals surface area contributed by atoms with Crippen LogP contribution in [-0.2, 0) is 17.7 Å². The van der Waals surface area contributed by atoms with Crippen molar-refractivity contribution in [1.82, 2.24) is 5.32 Å². The van der Waals surface area contributed by atoms with Crippen molar-refractivity contribution >= 4 is 5.69 Å². The summed E-state index contributed by atoms with van der Waals surface area (Å²) in [6, 6.07) is 7.16. The Morgan fingerprint density at radius 1 is 1.50 bits per heavy atom. The Morgan fingerprint density at radius 3 is 3.28 bits per heavy atom. The molecule has 3 nitrogen and oxygen atoms in total. The first kappa shape index (κ1) is 12.0. The molecule has 98 valence electrons. The minimum atomic E-state index is 0.532. The minimum absolute atomic E-state index is 0.532. The number of fused-ring (bicyclic) bond motifs is 1. The van der Waals surface area contributed by atoms with Crippen LogP contribution in [0.4, 0.5) is 5.69 Å². The standard InChI is InChI=1S/C15H22N2O/c1-11(14-6-8-18-10-14)17-9-13-4-2-3-12-5-7-16-15(12)13/h2-4,11,14,16-17H,5-10H2,1H3. The fourth-order valence-corrected chi connectivity index (χ4v) is 2.94. The molecule has 3 rings (SSSR count). The number of rotatable bonds is 4. The second-order valence-electron chi connectivity index (χ2n) is 5.42. The fraction of sp³-hybridized carbons (Fsp3) is 0.600. The normalized spacial score (nSPS) is 23.7. The smallest absolute Gasteiger partial charge is 0.0509 e. The summed E-state index contributed by atoms with van der Waals surface area (Å²) < 4.78 is 5.45. The number of para-hydroxylation sites is 1. The third-order valence-corrected chi connectivity index (χ3v) is 4.22. The van der Waals surface area contributed by atoms with E-state index in [0.717, 1.165) is 32.7 Å². The predicted octanol–water partition coefficient (Wildman–Crippen LogP) is 2.17. The number of anilines is 1. The summed E-state index contributed by atoms with van der Waals surface area (Å²) in [6.07, 6.45) is 2.36. The largest absolute Gasteiger partial charge is 0.384 e. The van der Waals surface area contributed by atoms with Crippen molar-refractivity contribution in [3.8, 4) is 0 Å². The van der Waals surface area contributed by atoms with Gasteiger partial charge in [0, 0.05) is 31.4 Å². The molecule has 0 bridgehead atoms. The predicted molar refractivity (Wildman–Crippen MR) is 73.9 cm³/mol. The first-order valence-corrected chi connectivity index (χ1v) is 7.00. The molecule has 2 atom stereocenters. The van der Waals surface area contributed by atoms with Crippen molar-refractivity contribution < 1.29 is 4.74 Å². The van der Waals surface area contributed by atoms with E-state index >= 15 is 0 Å². The second-order valence-corrected chi connectivity index (χ2v) is 5.42. The van der Waals surface area contributed by atoms with Crippen molar-refractivity contribution in [3.05, 3.63) is 29.3 Å². The molecule has 0 aromatic heterocycles. The summed E-state index contributed by atoms with van der Waals surface area (Å²) in [5.41, 5.74) is 4.22. The van der Waals surface area contributed by atoms with Gasteiger partial charge >= 0.3 is 0 Å². The van der Waals surface area contributed by atoms with Gasteiger partial charge in [-0.2, -0.15) is 0 Å². The van der Waals surface area contributed by atoms with Crippen molar-refractivity contribution in [1.29, 1.82) is 0 Å². The lowest BCUT2D eigenvalue weighted by Gasteiger charge is -2.20. The number of nitrogens with one attached hydrogen (secondary N) is 2. The molecule has 0 saturated carbocycles. The molecule has 3 heteroatoms. The average Bonchev–Trinajstić information content (AvgIpc) is 3.05. The molecular weight excluding hydrogens is 224 g/mol. The van der Waals surface area contributed by atoms with Gasteiger partial charge in [-0.25, -0.2) is 0 Å². The monoisotopic (exact) mass is 246 g/mol. The lowest BCUT2D eigenvalue weighted by Crippen LogP contribution is -2.33. The molecule has 1 aromatic rings. The molecule has 0 spiro atoms. The van der Waals surface area contributed by atoms with Gasteiger partial charge in [-0.15, -0.1) is 0 Å². The highest BCUT2D eigenvalue weighted by atomic mass is 16.5. The third-order valence-electron chi connectivity index (χ3n) is 4.22. The van der Waals surface area contributed by atoms with Crippen LogP contribution < -0.4 is 10.6 Å². The lowest BCUT2D eigenvalue weighted by molar-refractivity contribution is 0.178. The van der Waals surface area contributed by atoms with Crippen molar-refractivity contribution in [2.45, 2.75) is 32.4 Å². The van der Waals surface area contributed by atoms with Crippen LogP contribution in [0.15, 0.2) is 18.2 Å². The molecule has 0 aliphatic carbocycles. The number of benzene rings is 1. The highest BCUT2D eigenvalue weighted by Crippen LogP contribution is 2.26. The maximum absolute atomic E-state index is 5.45. The van der Waals surface area contributed by atoms with E-state index in [1.807, 2.05) is 0 Å². The molecular formula is C15H22N2O. The Morgan fingerprint density at radius 2 is 2.44 bits per heavy atom. The van der Waals surface area contributed by atoms with Crippen LogP contribution in [0, 0.1) is 5.92 Å². The van der Waals surface area contributed by atoms with Crippen molar-refractivity contribution in [2.75, 3.05) is 25.1 Å². The molecule has 18 heavy (non-hydrogen) atoms. The molecule has 2 aliphatic rings. The van der Waals surface area contributed by atoms with Gasteiger partial charge in [0.15, 0.2) is 0 Å². The maximum atomic E-state index is 5.45. The van der Waals surface area contributed by atoms with Gasteiger partial charge in [-0.3, -0.25) is 0 Å². The molecule has 0 amide bonds. The zero-order chi connectivity index (χ0) is 12.4. The maximum Gasteiger partial charge on any atom is 0.0509 e. The summed E-state index contributed by atoms with van der Waals surface area (Å²) in [4.78, 5) is 0. The van der Waals surface area contributed by atoms with E-state index in [0.29, 0.717) is 12.0 Å². The zero-order valence-electron chi connectivity index (χ0n) is 11.0. The minimum Gasteiger partial charge on any atom is -0.384 e. The third kappa shape index (κ3) is 2.38. The topological polar surface area (TPSA) is 33.3 Å². The number of hydrogen-bond donors (Lipinski definition) is 2. The van der Waals surface area contributed by atoms with E-state index in [9.17, 15) is 0 Å². The van der Waals surface area contributed by atoms with Crippen LogP contribution in [-0.4, -0.2) is 25.8 Å². The molecule has 2 aliphatic heterocycles. The van der Waals surface area contributed by atoms with Gasteiger partial charge in [-0.1, -0.05) is 18.2 Å². The fourth-order valence-electron chi connectivity index (χ4n) is 2.94. The van der Waals surface area contributed by atoms with Gasteiger partial charge in [0.2, 0.25) is 0 Å². The zero-order valence-corrected chi connectivity index (χ0v) is 11.0. The Labute approximate surface area is 109 Å². The number of ether oxygens (including phenoxy) is 1. The van der Waals surface area contributed by atoms with Gasteiger partial charge in [0.25, 0.3) is 0 Å². The first-order chi connectivity index (χ1) is 8.84. The van der Waals surface area contributed by atoms with Gasteiger partial charge in [0.1, 0.15) is 0 Å². The Hall–Kier alpha value is -1.06. The van der Waals surface area contributed by atoms with E-state index in [1.54, 1.807) is 0 Å². The lowest BCUT2D eigenvalue weighted by atomic mass is 10.00. The number of hydrogen-bond acceptors (Lipinski definition) is 3. The van der Waals surface area contributed by atoms with E-state index in [-0.39, 0.29) is 0 Å². The van der Waals surface area contributed by atoms with E-state index in [1.165, 1.54) is 23.2 Å². The summed E-state index contributed by atoms with van der Waals surface area (Å²) >= 11 is 0. The van der Waals surface area contributed by atoms with Crippen LogP contribution in [0.3, 0.4) is 0 Å². The van der Waals surface area contributed by atoms with Gasteiger partial charge in [0.05, 0.1) is 6.61 Å². The summed E-state index contributed by atoms with van der Waals surface area (Å²) in [5.74, 6) is 0.676. The highest BCUT2D eigenvalue weighted by molar-refractivity contribution is 5.61. The van der Waals surface area contributed by atoms with Gasteiger partial charge in [-0.05, 0) is 36.8 Å². The Bertz CT molecular complexity index is 413. The summed E-state index contributed by atoms with van der Waals surface area (Å²) in [6.45, 7) is 6.15. The molecule has 2 unspecified atom stereocenters. The van der Waals surface area contributed by atoms with Crippen LogP contribution in [0.25, 0.3) is 0 Å². The Balaban J connectivity index is 1.61. The van der Waals surface area contributed by atoms with E-state index in [4.69, 9.17) is 4.74 Å². The molecule has 1 fully saturated rings. The molecule has 2 heterocycles. The van der Waals surface area contributed by atoms with Crippen molar-refractivity contribution in [2.24, 2.45) is 5.92 Å². The average molecular weight is 246 g/mol. The van der Waals surface area contributed by atoms with Crippen LogP contribution >= 0.6 is 0 Å². The quantitative estimate of drug-likeness (QED) is 0.854. The van der Waals surface area contributed by atoms with Crippen LogP contribution in [0.1, 0.15) is 24.5 Å². The van der Waals surface area contributed by atoms with E-state index in [2.05, 4.69) is 35.8 Å². The highest BCUT2D eigenvalue weighted by Gasteiger charge is 2.22. The molecule has 0 radical (unpaired) electrons. The van der Waals surface area contributed by atoms with Crippen molar-refractivity contribution in [3.63, 3.8) is 0 Å². The Kier molecular flexibility index (Phi) is 3.52. The molecule has 1 aromatic carbocycles. The van der Waals surface area contributed by atoms with Crippen LogP contribution in [0.5, 0.6) is 0 Å². The SMILES string of the molecule is CC(NCc1cccc2c1NCC2)C1CCOC1. The van der Waals surface area contributed by atoms with E-state index < -0.39 is 0 Å². The first-order valence-electron chi connectivity index (χ1n) is 7.00.